The van der Waals surface area contributed by atoms with Gasteiger partial charge in [0.1, 0.15) is 5.76 Å². The molecule has 3 N–H and O–H groups in total. The number of fused-ring (bicyclic) bond motifs is 1. The number of nitrogens with one attached hydrogen (secondary N) is 1. The minimum absolute atomic E-state index is 0.159. The Morgan fingerprint density at radius 2 is 2.00 bits per heavy atom. The highest BCUT2D eigenvalue weighted by Gasteiger charge is 2.32. The summed E-state index contributed by atoms with van der Waals surface area (Å²) >= 11 is 0. The number of benzene rings is 1. The molecule has 0 bridgehead atoms. The van der Waals surface area contributed by atoms with Crippen molar-refractivity contribution < 1.29 is 14.3 Å². The molecular formula is C27H40N2O3. The molecule has 32 heavy (non-hydrogen) atoms. The Balaban J connectivity index is 1.65. The number of hydrogen-bond acceptors (Lipinski definition) is 4. The standard InChI is InChI=1S/C27H40N2O3/c1-6-19(13-24(28)26-15-22(17(2)3)27(30)32-26)12-18(4)20-9-10-25-23(14-20)21(16-29-25)8-7-11-31-5/h9-10,14-19,22,24,29H,6-8,11-13,28H2,1-5H3. The highest BCUT2D eigenvalue weighted by molar-refractivity contribution is 5.84. The molecule has 5 nitrogen and oxygen atoms in total. The summed E-state index contributed by atoms with van der Waals surface area (Å²) in [5, 5.41) is 1.32. The number of methoxy groups -OCH3 is 1. The summed E-state index contributed by atoms with van der Waals surface area (Å²) in [5.41, 5.74) is 10.4. The van der Waals surface area contributed by atoms with Gasteiger partial charge in [0.25, 0.3) is 0 Å². The monoisotopic (exact) mass is 440 g/mol. The second-order valence-electron chi connectivity index (χ2n) is 9.73. The number of H-pyrrole nitrogens is 1. The third kappa shape index (κ3) is 5.81. The molecule has 0 aliphatic carbocycles. The van der Waals surface area contributed by atoms with Crippen molar-refractivity contribution in [3.8, 4) is 0 Å². The molecule has 4 unspecified atom stereocenters. The normalized spacial score (nSPS) is 19.3. The van der Waals surface area contributed by atoms with Gasteiger partial charge in [0.2, 0.25) is 0 Å². The summed E-state index contributed by atoms with van der Waals surface area (Å²) in [6, 6.07) is 6.56. The topological polar surface area (TPSA) is 77.3 Å². The number of cyclic esters (lactones) is 1. The first-order valence-electron chi connectivity index (χ1n) is 12.1. The van der Waals surface area contributed by atoms with Crippen LogP contribution in [0.25, 0.3) is 10.9 Å². The second-order valence-corrected chi connectivity index (χ2v) is 9.73. The van der Waals surface area contributed by atoms with Crippen LogP contribution >= 0.6 is 0 Å². The van der Waals surface area contributed by atoms with Gasteiger partial charge >= 0.3 is 5.97 Å². The molecule has 1 aliphatic rings. The van der Waals surface area contributed by atoms with Crippen LogP contribution in [0, 0.1) is 17.8 Å². The molecule has 0 saturated carbocycles. The van der Waals surface area contributed by atoms with Crippen LogP contribution in [0.1, 0.15) is 70.4 Å². The first kappa shape index (κ1) is 24.5. The number of aromatic amines is 1. The van der Waals surface area contributed by atoms with Crippen molar-refractivity contribution in [3.63, 3.8) is 0 Å². The van der Waals surface area contributed by atoms with E-state index in [0.29, 0.717) is 17.6 Å². The summed E-state index contributed by atoms with van der Waals surface area (Å²) in [5.74, 6) is 1.47. The number of aryl methyl sites for hydroxylation is 1. The van der Waals surface area contributed by atoms with Crippen molar-refractivity contribution in [2.75, 3.05) is 13.7 Å². The van der Waals surface area contributed by atoms with E-state index in [2.05, 4.69) is 43.2 Å². The Morgan fingerprint density at radius 1 is 1.22 bits per heavy atom. The second kappa shape index (κ2) is 11.2. The third-order valence-electron chi connectivity index (χ3n) is 6.92. The van der Waals surface area contributed by atoms with Gasteiger partial charge in [-0.25, -0.2) is 0 Å². The van der Waals surface area contributed by atoms with Crippen molar-refractivity contribution in [2.24, 2.45) is 23.5 Å². The van der Waals surface area contributed by atoms with Crippen LogP contribution in [0.2, 0.25) is 0 Å². The maximum atomic E-state index is 12.1. The summed E-state index contributed by atoms with van der Waals surface area (Å²) in [6.45, 7) is 9.38. The number of carbonyl (C=O) groups excluding carboxylic acids is 1. The van der Waals surface area contributed by atoms with Crippen molar-refractivity contribution >= 4 is 16.9 Å². The molecule has 0 saturated heterocycles. The molecule has 2 aromatic rings. The van der Waals surface area contributed by atoms with Gasteiger partial charge in [-0.15, -0.1) is 0 Å². The van der Waals surface area contributed by atoms with E-state index < -0.39 is 0 Å². The average molecular weight is 441 g/mol. The maximum Gasteiger partial charge on any atom is 0.318 e. The molecule has 5 heteroatoms. The van der Waals surface area contributed by atoms with E-state index in [1.807, 2.05) is 19.9 Å². The van der Waals surface area contributed by atoms with E-state index in [0.717, 1.165) is 38.7 Å². The molecule has 0 radical (unpaired) electrons. The highest BCUT2D eigenvalue weighted by atomic mass is 16.5. The Labute approximate surface area is 192 Å². The SMILES string of the molecule is CCC(CC(N)C1=CC(C(C)C)C(=O)O1)CC(C)c1ccc2[nH]cc(CCCOC)c2c1. The van der Waals surface area contributed by atoms with Crippen LogP contribution in [0.5, 0.6) is 0 Å². The van der Waals surface area contributed by atoms with Gasteiger partial charge in [-0.1, -0.05) is 40.2 Å². The van der Waals surface area contributed by atoms with E-state index in [4.69, 9.17) is 15.2 Å². The summed E-state index contributed by atoms with van der Waals surface area (Å²) in [4.78, 5) is 15.5. The number of carbonyl (C=O) groups is 1. The Morgan fingerprint density at radius 3 is 2.66 bits per heavy atom. The van der Waals surface area contributed by atoms with E-state index in [1.54, 1.807) is 7.11 Å². The molecule has 4 atom stereocenters. The molecular weight excluding hydrogens is 400 g/mol. The van der Waals surface area contributed by atoms with Crippen LogP contribution in [-0.4, -0.2) is 30.7 Å². The highest BCUT2D eigenvalue weighted by Crippen LogP contribution is 2.33. The van der Waals surface area contributed by atoms with Gasteiger partial charge in [-0.3, -0.25) is 4.79 Å². The largest absolute Gasteiger partial charge is 0.429 e. The first-order valence-corrected chi connectivity index (χ1v) is 12.1. The van der Waals surface area contributed by atoms with Crippen LogP contribution in [0.3, 0.4) is 0 Å². The van der Waals surface area contributed by atoms with Crippen molar-refractivity contribution in [2.45, 2.75) is 71.8 Å². The van der Waals surface area contributed by atoms with Gasteiger partial charge < -0.3 is 20.2 Å². The molecule has 0 fully saturated rings. The number of aromatic nitrogens is 1. The van der Waals surface area contributed by atoms with Gasteiger partial charge in [0.05, 0.1) is 12.0 Å². The molecule has 0 spiro atoms. The van der Waals surface area contributed by atoms with Crippen molar-refractivity contribution in [1.29, 1.82) is 0 Å². The number of esters is 1. The Kier molecular flexibility index (Phi) is 8.55. The zero-order chi connectivity index (χ0) is 23.3. The van der Waals surface area contributed by atoms with Crippen LogP contribution in [-0.2, 0) is 20.7 Å². The molecule has 0 amide bonds. The quantitative estimate of drug-likeness (QED) is 0.328. The molecule has 3 rings (SSSR count). The van der Waals surface area contributed by atoms with E-state index >= 15 is 0 Å². The number of rotatable bonds is 12. The number of nitrogens with two attached hydrogens (primary N) is 1. The van der Waals surface area contributed by atoms with Gasteiger partial charge in [0.15, 0.2) is 0 Å². The summed E-state index contributed by atoms with van der Waals surface area (Å²) in [7, 11) is 1.75. The van der Waals surface area contributed by atoms with E-state index in [1.165, 1.54) is 22.0 Å². The Hall–Kier alpha value is -2.11. The smallest absolute Gasteiger partial charge is 0.318 e. The molecule has 1 aliphatic heterocycles. The fourth-order valence-corrected chi connectivity index (χ4v) is 4.78. The Bertz CT molecular complexity index is 930. The third-order valence-corrected chi connectivity index (χ3v) is 6.92. The van der Waals surface area contributed by atoms with Gasteiger partial charge in [-0.05, 0) is 72.8 Å². The van der Waals surface area contributed by atoms with Crippen molar-refractivity contribution in [3.05, 3.63) is 47.4 Å². The zero-order valence-electron chi connectivity index (χ0n) is 20.3. The lowest BCUT2D eigenvalue weighted by Gasteiger charge is -2.23. The minimum atomic E-state index is -0.223. The summed E-state index contributed by atoms with van der Waals surface area (Å²) < 4.78 is 10.7. The lowest BCUT2D eigenvalue weighted by atomic mass is 9.84. The molecule has 1 aromatic carbocycles. The van der Waals surface area contributed by atoms with Gasteiger partial charge in [-0.2, -0.15) is 0 Å². The van der Waals surface area contributed by atoms with Crippen LogP contribution in [0.15, 0.2) is 36.2 Å². The minimum Gasteiger partial charge on any atom is -0.429 e. The number of ether oxygens (including phenoxy) is 2. The predicted octanol–water partition coefficient (Wildman–Crippen LogP) is 5.70. The molecule has 176 valence electrons. The van der Waals surface area contributed by atoms with Crippen molar-refractivity contribution in [1.82, 2.24) is 4.98 Å². The van der Waals surface area contributed by atoms with Gasteiger partial charge in [0, 0.05) is 30.8 Å². The van der Waals surface area contributed by atoms with Crippen LogP contribution < -0.4 is 5.73 Å². The van der Waals surface area contributed by atoms with E-state index in [9.17, 15) is 4.79 Å². The molecule has 2 heterocycles. The summed E-state index contributed by atoms with van der Waals surface area (Å²) in [6.07, 6.45) is 9.07. The van der Waals surface area contributed by atoms with E-state index in [-0.39, 0.29) is 23.8 Å². The molecule has 1 aromatic heterocycles. The fraction of sp³-hybridized carbons (Fsp3) is 0.593. The number of hydrogen-bond donors (Lipinski definition) is 2. The first-order chi connectivity index (χ1) is 15.3. The maximum absolute atomic E-state index is 12.1. The van der Waals surface area contributed by atoms with Crippen LogP contribution in [0.4, 0.5) is 0 Å². The fourth-order valence-electron chi connectivity index (χ4n) is 4.78. The average Bonchev–Trinajstić information content (AvgIpc) is 3.36. The predicted molar refractivity (Wildman–Crippen MR) is 130 cm³/mol. The zero-order valence-corrected chi connectivity index (χ0v) is 20.3. The lowest BCUT2D eigenvalue weighted by Crippen LogP contribution is -2.27. The lowest BCUT2D eigenvalue weighted by molar-refractivity contribution is -0.141.